The van der Waals surface area contributed by atoms with Crippen LogP contribution in [0.15, 0.2) is 42.9 Å². The number of ether oxygens (including phenoxy) is 1. The van der Waals surface area contributed by atoms with E-state index in [-0.39, 0.29) is 17.7 Å². The van der Waals surface area contributed by atoms with Gasteiger partial charge in [0.2, 0.25) is 11.8 Å². The second-order valence-electron chi connectivity index (χ2n) is 10.3. The van der Waals surface area contributed by atoms with Gasteiger partial charge in [-0.25, -0.2) is 9.97 Å². The maximum Gasteiger partial charge on any atom is 0.227 e. The first-order valence-corrected chi connectivity index (χ1v) is 12.2. The summed E-state index contributed by atoms with van der Waals surface area (Å²) in [6.07, 6.45) is 6.60. The molecular weight excluding hydrogens is 442 g/mol. The van der Waals surface area contributed by atoms with Crippen LogP contribution in [-0.4, -0.2) is 55.1 Å². The zero-order valence-electron chi connectivity index (χ0n) is 21.3. The second-order valence-corrected chi connectivity index (χ2v) is 10.3. The highest BCUT2D eigenvalue weighted by Crippen LogP contribution is 2.34. The molecule has 35 heavy (non-hydrogen) atoms. The maximum atomic E-state index is 12.8. The Morgan fingerprint density at radius 1 is 1.11 bits per heavy atom. The number of likely N-dealkylation sites (tertiary alicyclic amines) is 1. The number of amides is 1. The highest BCUT2D eigenvalue weighted by atomic mass is 16.5. The molecule has 4 heterocycles. The van der Waals surface area contributed by atoms with Gasteiger partial charge in [0.15, 0.2) is 5.82 Å². The van der Waals surface area contributed by atoms with Crippen LogP contribution in [0.4, 0.5) is 0 Å². The summed E-state index contributed by atoms with van der Waals surface area (Å²) in [7, 11) is 1.91. The number of hydrogen-bond acceptors (Lipinski definition) is 6. The number of carbonyl (C=O) groups is 1. The third kappa shape index (κ3) is 5.53. The number of aryl methyl sites for hydroxylation is 1. The summed E-state index contributed by atoms with van der Waals surface area (Å²) in [6.45, 7) is 9.89. The van der Waals surface area contributed by atoms with E-state index in [1.807, 2.05) is 48.0 Å². The van der Waals surface area contributed by atoms with E-state index in [0.29, 0.717) is 44.1 Å². The van der Waals surface area contributed by atoms with Crippen molar-refractivity contribution in [3.05, 3.63) is 59.7 Å². The fourth-order valence-electron chi connectivity index (χ4n) is 4.32. The van der Waals surface area contributed by atoms with E-state index in [1.54, 1.807) is 12.3 Å². The number of imidazole rings is 1. The van der Waals surface area contributed by atoms with Crippen molar-refractivity contribution in [2.75, 3.05) is 19.7 Å². The number of rotatable bonds is 6. The Hall–Kier alpha value is -3.26. The monoisotopic (exact) mass is 477 g/mol. The minimum absolute atomic E-state index is 0.0301. The van der Waals surface area contributed by atoms with Crippen LogP contribution in [0, 0.1) is 0 Å². The Kier molecular flexibility index (Phi) is 6.94. The largest absolute Gasteiger partial charge is 0.478 e. The number of piperidine rings is 1. The summed E-state index contributed by atoms with van der Waals surface area (Å²) >= 11 is 0. The minimum Gasteiger partial charge on any atom is -0.478 e. The van der Waals surface area contributed by atoms with Gasteiger partial charge in [-0.15, -0.1) is 0 Å². The Balaban J connectivity index is 1.40. The molecule has 0 radical (unpaired) electrons. The van der Waals surface area contributed by atoms with E-state index in [2.05, 4.69) is 36.8 Å². The maximum absolute atomic E-state index is 12.8. The summed E-state index contributed by atoms with van der Waals surface area (Å²) in [5.74, 6) is 1.31. The second kappa shape index (κ2) is 9.77. The predicted octanol–water partition coefficient (Wildman–Crippen LogP) is 3.63. The molecule has 0 bridgehead atoms. The number of hydrogen-bond donors (Lipinski definition) is 1. The van der Waals surface area contributed by atoms with E-state index in [0.717, 1.165) is 22.6 Å². The first-order chi connectivity index (χ1) is 16.6. The topological polar surface area (TPSA) is 93.4 Å². The zero-order chi connectivity index (χ0) is 25.2. The third-order valence-electron chi connectivity index (χ3n) is 6.60. The number of nitrogens with zero attached hydrogens (tertiary/aromatic N) is 5. The summed E-state index contributed by atoms with van der Waals surface area (Å²) in [6, 6.07) is 7.71. The summed E-state index contributed by atoms with van der Waals surface area (Å²) in [5.41, 5.74) is 2.36. The van der Waals surface area contributed by atoms with Crippen LogP contribution in [0.2, 0.25) is 0 Å². The molecule has 1 fully saturated rings. The molecule has 4 rings (SSSR count). The lowest BCUT2D eigenvalue weighted by atomic mass is 9.88. The number of aromatic nitrogens is 4. The van der Waals surface area contributed by atoms with Crippen molar-refractivity contribution in [3.8, 4) is 17.4 Å². The Morgan fingerprint density at radius 3 is 2.43 bits per heavy atom. The van der Waals surface area contributed by atoms with Gasteiger partial charge in [0.05, 0.1) is 18.7 Å². The molecule has 0 aromatic carbocycles. The smallest absolute Gasteiger partial charge is 0.227 e. The van der Waals surface area contributed by atoms with Crippen LogP contribution < -0.4 is 4.74 Å². The number of aliphatic hydroxyl groups is 1. The van der Waals surface area contributed by atoms with Gasteiger partial charge < -0.3 is 19.3 Å². The molecule has 0 saturated carbocycles. The average molecular weight is 478 g/mol. The molecule has 0 unspecified atom stereocenters. The van der Waals surface area contributed by atoms with Crippen molar-refractivity contribution in [1.82, 2.24) is 24.4 Å². The van der Waals surface area contributed by atoms with Crippen LogP contribution in [0.3, 0.4) is 0 Å². The van der Waals surface area contributed by atoms with Gasteiger partial charge in [0.1, 0.15) is 11.3 Å². The highest BCUT2D eigenvalue weighted by Gasteiger charge is 2.38. The zero-order valence-corrected chi connectivity index (χ0v) is 21.3. The lowest BCUT2D eigenvalue weighted by Gasteiger charge is -2.37. The fraction of sp³-hybridized carbons (Fsp3) is 0.481. The van der Waals surface area contributed by atoms with E-state index in [9.17, 15) is 9.90 Å². The van der Waals surface area contributed by atoms with Gasteiger partial charge in [-0.1, -0.05) is 32.9 Å². The first kappa shape index (κ1) is 24.9. The number of carbonyl (C=O) groups excluding carboxylic acids is 1. The summed E-state index contributed by atoms with van der Waals surface area (Å²) < 4.78 is 7.26. The quantitative estimate of drug-likeness (QED) is 0.583. The summed E-state index contributed by atoms with van der Waals surface area (Å²) in [5, 5.41) is 11.4. The predicted molar refractivity (Wildman–Crippen MR) is 134 cm³/mol. The molecule has 8 heteroatoms. The van der Waals surface area contributed by atoms with Crippen LogP contribution >= 0.6 is 0 Å². The third-order valence-corrected chi connectivity index (χ3v) is 6.60. The van der Waals surface area contributed by atoms with Crippen molar-refractivity contribution < 1.29 is 14.6 Å². The molecule has 186 valence electrons. The Labute approximate surface area is 207 Å². The Morgan fingerprint density at radius 2 is 1.86 bits per heavy atom. The van der Waals surface area contributed by atoms with Gasteiger partial charge in [-0.3, -0.25) is 9.78 Å². The van der Waals surface area contributed by atoms with Crippen LogP contribution in [-0.2, 0) is 29.3 Å². The molecule has 0 atom stereocenters. The van der Waals surface area contributed by atoms with Crippen molar-refractivity contribution in [2.45, 2.75) is 58.0 Å². The first-order valence-electron chi connectivity index (χ1n) is 12.2. The van der Waals surface area contributed by atoms with Crippen LogP contribution in [0.25, 0.3) is 11.5 Å². The molecule has 1 N–H and O–H groups in total. The Bertz CT molecular complexity index is 1160. The molecule has 1 amide bonds. The minimum atomic E-state index is -1.07. The molecule has 0 spiro atoms. The molecule has 1 saturated heterocycles. The normalized spacial score (nSPS) is 15.8. The lowest BCUT2D eigenvalue weighted by molar-refractivity contribution is -0.135. The average Bonchev–Trinajstić information content (AvgIpc) is 3.23. The molecule has 3 aromatic heterocycles. The van der Waals surface area contributed by atoms with E-state index in [4.69, 9.17) is 9.72 Å². The van der Waals surface area contributed by atoms with Crippen molar-refractivity contribution >= 4 is 5.91 Å². The standard InChI is InChI=1S/C27H35N5O3/c1-6-35-23-10-7-19(16-29-23)15-24(33)32-13-11-27(34,12-14-32)22-18-31(5)25(30-22)21-9-8-20(17-28-21)26(2,3)4/h7-10,16-18,34H,6,11-15H2,1-5H3. The fourth-order valence-corrected chi connectivity index (χ4v) is 4.32. The van der Waals surface area contributed by atoms with Crippen molar-refractivity contribution in [1.29, 1.82) is 0 Å². The van der Waals surface area contributed by atoms with E-state index < -0.39 is 5.60 Å². The molecule has 1 aliphatic rings. The number of pyridine rings is 2. The van der Waals surface area contributed by atoms with Gasteiger partial charge in [-0.2, -0.15) is 0 Å². The SMILES string of the molecule is CCOc1ccc(CC(=O)N2CCC(O)(c3cn(C)c(-c4ccc(C(C)(C)C)cn4)n3)CC2)cn1. The van der Waals surface area contributed by atoms with Gasteiger partial charge in [0, 0.05) is 44.8 Å². The molecular formula is C27H35N5O3. The van der Waals surface area contributed by atoms with Gasteiger partial charge in [-0.05, 0) is 42.4 Å². The molecule has 8 nitrogen and oxygen atoms in total. The molecule has 3 aromatic rings. The molecule has 1 aliphatic heterocycles. The van der Waals surface area contributed by atoms with Crippen LogP contribution in [0.5, 0.6) is 5.88 Å². The summed E-state index contributed by atoms with van der Waals surface area (Å²) in [4.78, 5) is 28.2. The van der Waals surface area contributed by atoms with E-state index >= 15 is 0 Å². The molecule has 0 aliphatic carbocycles. The van der Waals surface area contributed by atoms with Crippen molar-refractivity contribution in [3.63, 3.8) is 0 Å². The van der Waals surface area contributed by atoms with Crippen molar-refractivity contribution in [2.24, 2.45) is 7.05 Å². The van der Waals surface area contributed by atoms with E-state index in [1.165, 1.54) is 0 Å². The van der Waals surface area contributed by atoms with Gasteiger partial charge in [0.25, 0.3) is 0 Å². The lowest BCUT2D eigenvalue weighted by Crippen LogP contribution is -2.45. The van der Waals surface area contributed by atoms with Gasteiger partial charge >= 0.3 is 0 Å². The van der Waals surface area contributed by atoms with Crippen LogP contribution in [0.1, 0.15) is 57.4 Å². The highest BCUT2D eigenvalue weighted by molar-refractivity contribution is 5.78.